The maximum absolute atomic E-state index is 13.0. The van der Waals surface area contributed by atoms with Crippen molar-refractivity contribution in [1.29, 1.82) is 0 Å². The van der Waals surface area contributed by atoms with Crippen LogP contribution in [0.4, 0.5) is 10.1 Å². The van der Waals surface area contributed by atoms with Gasteiger partial charge in [0.25, 0.3) is 0 Å². The molecule has 0 aliphatic heterocycles. The zero-order valence-corrected chi connectivity index (χ0v) is 9.11. The molecule has 0 heterocycles. The summed E-state index contributed by atoms with van der Waals surface area (Å²) in [5.74, 6) is -0.317. The van der Waals surface area contributed by atoms with Crippen LogP contribution in [0.25, 0.3) is 0 Å². The summed E-state index contributed by atoms with van der Waals surface area (Å²) in [4.78, 5) is 12.5. The molecule has 1 aromatic rings. The van der Waals surface area contributed by atoms with Gasteiger partial charge in [0.15, 0.2) is 0 Å². The smallest absolute Gasteiger partial charge is 0.214 e. The second-order valence-electron chi connectivity index (χ2n) is 3.63. The average Bonchev–Trinajstić information content (AvgIpc) is 2.19. The monoisotopic (exact) mass is 209 g/mol. The minimum Gasteiger partial charge on any atom is -0.312 e. The molecule has 0 fully saturated rings. The van der Waals surface area contributed by atoms with Gasteiger partial charge in [-0.2, -0.15) is 0 Å². The van der Waals surface area contributed by atoms with E-state index in [-0.39, 0.29) is 11.9 Å². The van der Waals surface area contributed by atoms with Crippen molar-refractivity contribution in [3.8, 4) is 0 Å². The molecule has 0 saturated carbocycles. The molecule has 1 amide bonds. The van der Waals surface area contributed by atoms with Crippen molar-refractivity contribution in [3.05, 3.63) is 30.1 Å². The van der Waals surface area contributed by atoms with Crippen LogP contribution in [0, 0.1) is 5.82 Å². The minimum atomic E-state index is -0.317. The highest BCUT2D eigenvalue weighted by molar-refractivity contribution is 5.75. The number of benzene rings is 1. The Morgan fingerprint density at radius 3 is 2.80 bits per heavy atom. The van der Waals surface area contributed by atoms with Crippen molar-refractivity contribution < 1.29 is 9.18 Å². The summed E-state index contributed by atoms with van der Waals surface area (Å²) in [6.45, 7) is 4.02. The number of carbonyl (C=O) groups is 1. The molecule has 0 aromatic heterocycles. The zero-order valence-electron chi connectivity index (χ0n) is 9.11. The van der Waals surface area contributed by atoms with Crippen LogP contribution in [0.1, 0.15) is 26.7 Å². The number of amides is 1. The molecule has 1 rings (SSSR count). The van der Waals surface area contributed by atoms with Gasteiger partial charge in [0, 0.05) is 11.7 Å². The van der Waals surface area contributed by atoms with Gasteiger partial charge in [0.1, 0.15) is 5.82 Å². The highest BCUT2D eigenvalue weighted by Gasteiger charge is 2.12. The van der Waals surface area contributed by atoms with E-state index in [0.29, 0.717) is 5.69 Å². The number of carbonyl (C=O) groups excluding carboxylic acids is 1. The number of rotatable bonds is 5. The van der Waals surface area contributed by atoms with E-state index in [1.54, 1.807) is 17.0 Å². The Bertz CT molecular complexity index is 327. The Hall–Kier alpha value is -1.38. The standard InChI is InChI=1S/C12H16FNO/c1-3-5-10(2)14(9-15)12-7-4-6-11(13)8-12/h4,6-10H,3,5H2,1-2H3. The fourth-order valence-corrected chi connectivity index (χ4v) is 1.61. The first-order valence-electron chi connectivity index (χ1n) is 5.18. The molecule has 0 spiro atoms. The summed E-state index contributed by atoms with van der Waals surface area (Å²) in [6, 6.07) is 6.20. The van der Waals surface area contributed by atoms with Gasteiger partial charge in [0.05, 0.1) is 0 Å². The van der Waals surface area contributed by atoms with E-state index in [1.807, 2.05) is 6.92 Å². The third-order valence-electron chi connectivity index (χ3n) is 2.40. The van der Waals surface area contributed by atoms with E-state index in [1.165, 1.54) is 12.1 Å². The van der Waals surface area contributed by atoms with E-state index in [9.17, 15) is 9.18 Å². The van der Waals surface area contributed by atoms with Gasteiger partial charge in [-0.25, -0.2) is 4.39 Å². The van der Waals surface area contributed by atoms with Gasteiger partial charge in [-0.3, -0.25) is 4.79 Å². The quantitative estimate of drug-likeness (QED) is 0.683. The predicted octanol–water partition coefficient (Wildman–Crippen LogP) is 2.98. The lowest BCUT2D eigenvalue weighted by molar-refractivity contribution is -0.107. The third kappa shape index (κ3) is 3.05. The maximum atomic E-state index is 13.0. The molecule has 1 atom stereocenters. The van der Waals surface area contributed by atoms with Gasteiger partial charge in [-0.05, 0) is 31.5 Å². The topological polar surface area (TPSA) is 20.3 Å². The highest BCUT2D eigenvalue weighted by atomic mass is 19.1. The summed E-state index contributed by atoms with van der Waals surface area (Å²) < 4.78 is 13.0. The van der Waals surface area contributed by atoms with Crippen LogP contribution in [0.15, 0.2) is 24.3 Å². The molecule has 0 N–H and O–H groups in total. The largest absolute Gasteiger partial charge is 0.312 e. The Morgan fingerprint density at radius 1 is 1.53 bits per heavy atom. The van der Waals surface area contributed by atoms with Crippen LogP contribution in [0.2, 0.25) is 0 Å². The van der Waals surface area contributed by atoms with Gasteiger partial charge in [-0.1, -0.05) is 19.4 Å². The molecule has 15 heavy (non-hydrogen) atoms. The first-order chi connectivity index (χ1) is 7.19. The molecular formula is C12H16FNO. The Balaban J connectivity index is 2.86. The molecule has 82 valence electrons. The number of hydrogen-bond acceptors (Lipinski definition) is 1. The van der Waals surface area contributed by atoms with Crippen molar-refractivity contribution in [1.82, 2.24) is 0 Å². The van der Waals surface area contributed by atoms with Crippen molar-refractivity contribution in [2.24, 2.45) is 0 Å². The fraction of sp³-hybridized carbons (Fsp3) is 0.417. The lowest BCUT2D eigenvalue weighted by atomic mass is 10.1. The summed E-state index contributed by atoms with van der Waals surface area (Å²) >= 11 is 0. The van der Waals surface area contributed by atoms with Gasteiger partial charge >= 0.3 is 0 Å². The molecule has 0 bridgehead atoms. The van der Waals surface area contributed by atoms with Gasteiger partial charge < -0.3 is 4.90 Å². The lowest BCUT2D eigenvalue weighted by Gasteiger charge is -2.24. The van der Waals surface area contributed by atoms with Crippen molar-refractivity contribution >= 4 is 12.1 Å². The third-order valence-corrected chi connectivity index (χ3v) is 2.40. The number of nitrogens with zero attached hydrogens (tertiary/aromatic N) is 1. The first kappa shape index (κ1) is 11.7. The van der Waals surface area contributed by atoms with Crippen molar-refractivity contribution in [2.75, 3.05) is 4.90 Å². The SMILES string of the molecule is CCCC(C)N(C=O)c1cccc(F)c1. The number of hydrogen-bond donors (Lipinski definition) is 0. The predicted molar refractivity (Wildman–Crippen MR) is 59.3 cm³/mol. The molecule has 0 aliphatic carbocycles. The zero-order chi connectivity index (χ0) is 11.3. The summed E-state index contributed by atoms with van der Waals surface area (Å²) in [5.41, 5.74) is 0.617. The lowest BCUT2D eigenvalue weighted by Crippen LogP contribution is -2.31. The number of halogens is 1. The van der Waals surface area contributed by atoms with Crippen LogP contribution < -0.4 is 4.90 Å². The van der Waals surface area contributed by atoms with E-state index in [4.69, 9.17) is 0 Å². The van der Waals surface area contributed by atoms with Crippen LogP contribution in [-0.4, -0.2) is 12.5 Å². The Labute approximate surface area is 89.7 Å². The summed E-state index contributed by atoms with van der Waals surface area (Å²) in [5, 5.41) is 0. The molecule has 0 saturated heterocycles. The van der Waals surface area contributed by atoms with Crippen LogP contribution in [0.3, 0.4) is 0 Å². The van der Waals surface area contributed by atoms with Crippen LogP contribution in [-0.2, 0) is 4.79 Å². The molecule has 1 aromatic carbocycles. The molecule has 2 nitrogen and oxygen atoms in total. The first-order valence-corrected chi connectivity index (χ1v) is 5.18. The second-order valence-corrected chi connectivity index (χ2v) is 3.63. The molecule has 3 heteroatoms. The van der Waals surface area contributed by atoms with Crippen molar-refractivity contribution in [2.45, 2.75) is 32.7 Å². The van der Waals surface area contributed by atoms with Crippen molar-refractivity contribution in [3.63, 3.8) is 0 Å². The van der Waals surface area contributed by atoms with E-state index < -0.39 is 0 Å². The highest BCUT2D eigenvalue weighted by Crippen LogP contribution is 2.18. The molecular weight excluding hydrogens is 193 g/mol. The summed E-state index contributed by atoms with van der Waals surface area (Å²) in [6.07, 6.45) is 2.67. The van der Waals surface area contributed by atoms with Crippen LogP contribution >= 0.6 is 0 Å². The average molecular weight is 209 g/mol. The van der Waals surface area contributed by atoms with Crippen LogP contribution in [0.5, 0.6) is 0 Å². The van der Waals surface area contributed by atoms with E-state index in [2.05, 4.69) is 6.92 Å². The van der Waals surface area contributed by atoms with Gasteiger partial charge in [0.2, 0.25) is 6.41 Å². The van der Waals surface area contributed by atoms with E-state index >= 15 is 0 Å². The van der Waals surface area contributed by atoms with E-state index in [0.717, 1.165) is 19.3 Å². The molecule has 0 aliphatic rings. The van der Waals surface area contributed by atoms with Gasteiger partial charge in [-0.15, -0.1) is 0 Å². The Morgan fingerprint density at radius 2 is 2.27 bits per heavy atom. The Kier molecular flexibility index (Phi) is 4.28. The maximum Gasteiger partial charge on any atom is 0.214 e. The minimum absolute atomic E-state index is 0.106. The fourth-order valence-electron chi connectivity index (χ4n) is 1.61. The second kappa shape index (κ2) is 5.49. The molecule has 0 radical (unpaired) electrons. The summed E-state index contributed by atoms with van der Waals surface area (Å²) in [7, 11) is 0. The number of anilines is 1. The normalized spacial score (nSPS) is 12.2. The molecule has 1 unspecified atom stereocenters.